The van der Waals surface area contributed by atoms with Crippen LogP contribution in [0.25, 0.3) is 0 Å². The summed E-state index contributed by atoms with van der Waals surface area (Å²) in [6.45, 7) is 4.31. The Morgan fingerprint density at radius 1 is 1.53 bits per heavy atom. The van der Waals surface area contributed by atoms with E-state index in [4.69, 9.17) is 0 Å². The lowest BCUT2D eigenvalue weighted by molar-refractivity contribution is -0.139. The van der Waals surface area contributed by atoms with Crippen molar-refractivity contribution in [2.75, 3.05) is 33.7 Å². The normalized spacial score (nSPS) is 35.3. The summed E-state index contributed by atoms with van der Waals surface area (Å²) in [5.41, 5.74) is -0.380. The van der Waals surface area contributed by atoms with E-state index in [0.717, 1.165) is 32.4 Å². The van der Waals surface area contributed by atoms with Crippen LogP contribution in [-0.2, 0) is 4.79 Å². The van der Waals surface area contributed by atoms with Gasteiger partial charge in [-0.25, -0.2) is 0 Å². The van der Waals surface area contributed by atoms with Gasteiger partial charge in [0.2, 0.25) is 5.91 Å². The molecule has 3 unspecified atom stereocenters. The molecule has 5 heteroatoms. The number of nitrogens with zero attached hydrogens (tertiary/aromatic N) is 2. The average molecular weight is 269 g/mol. The highest BCUT2D eigenvalue weighted by Gasteiger charge is 2.46. The average Bonchev–Trinajstić information content (AvgIpc) is 2.95. The Balaban J connectivity index is 2.11. The van der Waals surface area contributed by atoms with Crippen LogP contribution in [0.2, 0.25) is 0 Å². The molecule has 2 rings (SSSR count). The molecule has 0 spiro atoms. The number of carbonyl (C=O) groups is 1. The maximum Gasteiger partial charge on any atom is 0.243 e. The zero-order valence-corrected chi connectivity index (χ0v) is 12.4. The third-order valence-corrected chi connectivity index (χ3v) is 4.49. The van der Waals surface area contributed by atoms with E-state index >= 15 is 0 Å². The second kappa shape index (κ2) is 5.77. The number of aliphatic hydroxyl groups is 1. The van der Waals surface area contributed by atoms with Crippen LogP contribution in [0.15, 0.2) is 0 Å². The molecule has 1 amide bonds. The molecule has 2 saturated heterocycles. The molecule has 2 fully saturated rings. The van der Waals surface area contributed by atoms with Crippen LogP contribution in [0, 0.1) is 0 Å². The van der Waals surface area contributed by atoms with Gasteiger partial charge in [-0.05, 0) is 46.3 Å². The Hall–Kier alpha value is -0.650. The number of nitrogens with one attached hydrogen (secondary N) is 1. The molecule has 0 bridgehead atoms. The van der Waals surface area contributed by atoms with E-state index in [1.54, 1.807) is 0 Å². The molecule has 2 aliphatic rings. The summed E-state index contributed by atoms with van der Waals surface area (Å²) in [6, 6.07) is 0.142. The molecule has 0 aromatic heterocycles. The predicted molar refractivity (Wildman–Crippen MR) is 74.9 cm³/mol. The van der Waals surface area contributed by atoms with Gasteiger partial charge in [0.25, 0.3) is 0 Å². The number of amides is 1. The highest BCUT2D eigenvalue weighted by molar-refractivity contribution is 5.87. The molecule has 110 valence electrons. The number of likely N-dealkylation sites (tertiary alicyclic amines) is 1. The minimum Gasteiger partial charge on any atom is -0.391 e. The Bertz CT molecular complexity index is 327. The fourth-order valence-corrected chi connectivity index (χ4v) is 3.45. The van der Waals surface area contributed by atoms with E-state index in [9.17, 15) is 9.90 Å². The number of carbonyl (C=O) groups excluding carboxylic acids is 1. The largest absolute Gasteiger partial charge is 0.391 e. The van der Waals surface area contributed by atoms with Crippen molar-refractivity contribution >= 4 is 5.91 Å². The van der Waals surface area contributed by atoms with Gasteiger partial charge in [-0.3, -0.25) is 4.79 Å². The Morgan fingerprint density at radius 2 is 2.26 bits per heavy atom. The van der Waals surface area contributed by atoms with Crippen LogP contribution in [0.4, 0.5) is 0 Å². The first-order valence-corrected chi connectivity index (χ1v) is 7.37. The van der Waals surface area contributed by atoms with Crippen LogP contribution in [0.5, 0.6) is 0 Å². The molecule has 3 atom stereocenters. The summed E-state index contributed by atoms with van der Waals surface area (Å²) < 4.78 is 0. The zero-order valence-electron chi connectivity index (χ0n) is 12.4. The molecule has 0 aliphatic carbocycles. The molecule has 2 aliphatic heterocycles. The lowest BCUT2D eigenvalue weighted by atomic mass is 9.92. The molecular weight excluding hydrogens is 242 g/mol. The molecule has 0 saturated carbocycles. The second-order valence-corrected chi connectivity index (χ2v) is 6.23. The molecule has 0 aromatic rings. The van der Waals surface area contributed by atoms with Crippen molar-refractivity contribution in [1.29, 1.82) is 0 Å². The first-order chi connectivity index (χ1) is 8.98. The minimum atomic E-state index is -0.380. The Labute approximate surface area is 115 Å². The van der Waals surface area contributed by atoms with Crippen LogP contribution >= 0.6 is 0 Å². The van der Waals surface area contributed by atoms with Gasteiger partial charge in [0.15, 0.2) is 0 Å². The van der Waals surface area contributed by atoms with Gasteiger partial charge in [-0.2, -0.15) is 0 Å². The zero-order chi connectivity index (χ0) is 14.0. The summed E-state index contributed by atoms with van der Waals surface area (Å²) >= 11 is 0. The van der Waals surface area contributed by atoms with Crippen molar-refractivity contribution in [3.05, 3.63) is 0 Å². The smallest absolute Gasteiger partial charge is 0.243 e. The van der Waals surface area contributed by atoms with Crippen molar-refractivity contribution in [3.8, 4) is 0 Å². The van der Waals surface area contributed by atoms with Crippen molar-refractivity contribution in [2.45, 2.75) is 50.3 Å². The molecule has 2 N–H and O–H groups in total. The number of aliphatic hydroxyl groups excluding tert-OH is 1. The molecule has 2 heterocycles. The summed E-state index contributed by atoms with van der Waals surface area (Å²) in [6.07, 6.45) is 3.14. The van der Waals surface area contributed by atoms with Gasteiger partial charge in [-0.15, -0.1) is 0 Å². The topological polar surface area (TPSA) is 55.8 Å². The van der Waals surface area contributed by atoms with Gasteiger partial charge >= 0.3 is 0 Å². The standard InChI is InChI=1S/C14H27N3O2/c1-4-14(6-5-7-15-14)13(19)17-10-12(18)8-11(17)9-16(2)3/h11-12,15,18H,4-10H2,1-3H3. The lowest BCUT2D eigenvalue weighted by Gasteiger charge is -2.35. The van der Waals surface area contributed by atoms with Crippen LogP contribution in [-0.4, -0.2) is 72.2 Å². The molecule has 5 nitrogen and oxygen atoms in total. The van der Waals surface area contributed by atoms with E-state index < -0.39 is 0 Å². The summed E-state index contributed by atoms with van der Waals surface area (Å²) in [4.78, 5) is 16.9. The third kappa shape index (κ3) is 2.93. The summed E-state index contributed by atoms with van der Waals surface area (Å²) in [5.74, 6) is 0.191. The van der Waals surface area contributed by atoms with Gasteiger partial charge < -0.3 is 20.2 Å². The summed E-state index contributed by atoms with van der Waals surface area (Å²) in [7, 11) is 4.02. The van der Waals surface area contributed by atoms with E-state index in [2.05, 4.69) is 17.1 Å². The predicted octanol–water partition coefficient (Wildman–Crippen LogP) is 0.0420. The van der Waals surface area contributed by atoms with Gasteiger partial charge in [0.05, 0.1) is 11.6 Å². The fraction of sp³-hybridized carbons (Fsp3) is 0.929. The second-order valence-electron chi connectivity index (χ2n) is 6.23. The monoisotopic (exact) mass is 269 g/mol. The Morgan fingerprint density at radius 3 is 2.79 bits per heavy atom. The number of likely N-dealkylation sites (N-methyl/N-ethyl adjacent to an activating group) is 1. The highest BCUT2D eigenvalue weighted by atomic mass is 16.3. The van der Waals surface area contributed by atoms with Crippen molar-refractivity contribution < 1.29 is 9.90 Å². The fourth-order valence-electron chi connectivity index (χ4n) is 3.45. The van der Waals surface area contributed by atoms with Crippen LogP contribution < -0.4 is 5.32 Å². The van der Waals surface area contributed by atoms with Crippen molar-refractivity contribution in [1.82, 2.24) is 15.1 Å². The number of hydrogen-bond donors (Lipinski definition) is 2. The Kier molecular flexibility index (Phi) is 4.48. The van der Waals surface area contributed by atoms with Gasteiger partial charge in [0, 0.05) is 19.1 Å². The van der Waals surface area contributed by atoms with Crippen molar-refractivity contribution in [2.24, 2.45) is 0 Å². The minimum absolute atomic E-state index is 0.142. The quantitative estimate of drug-likeness (QED) is 0.757. The maximum atomic E-state index is 12.9. The maximum absolute atomic E-state index is 12.9. The molecule has 0 aromatic carbocycles. The third-order valence-electron chi connectivity index (χ3n) is 4.49. The molecule has 19 heavy (non-hydrogen) atoms. The summed E-state index contributed by atoms with van der Waals surface area (Å²) in [5, 5.41) is 13.3. The SMILES string of the molecule is CCC1(C(=O)N2CC(O)CC2CN(C)C)CCCN1. The number of rotatable bonds is 4. The van der Waals surface area contributed by atoms with Crippen molar-refractivity contribution in [3.63, 3.8) is 0 Å². The van der Waals surface area contributed by atoms with Gasteiger partial charge in [-0.1, -0.05) is 6.92 Å². The van der Waals surface area contributed by atoms with E-state index in [1.807, 2.05) is 19.0 Å². The van der Waals surface area contributed by atoms with Crippen LogP contribution in [0.3, 0.4) is 0 Å². The lowest BCUT2D eigenvalue weighted by Crippen LogP contribution is -2.57. The number of hydrogen-bond acceptors (Lipinski definition) is 4. The highest BCUT2D eigenvalue weighted by Crippen LogP contribution is 2.29. The first-order valence-electron chi connectivity index (χ1n) is 7.37. The van der Waals surface area contributed by atoms with Crippen LogP contribution in [0.1, 0.15) is 32.6 Å². The molecule has 0 radical (unpaired) electrons. The van der Waals surface area contributed by atoms with E-state index in [0.29, 0.717) is 13.0 Å². The first kappa shape index (κ1) is 14.8. The van der Waals surface area contributed by atoms with E-state index in [1.165, 1.54) is 0 Å². The van der Waals surface area contributed by atoms with Gasteiger partial charge in [0.1, 0.15) is 0 Å². The number of β-amino-alcohol motifs (C(OH)–C–C–N with tert-alkyl or cyclic N) is 1. The molecular formula is C14H27N3O2. The van der Waals surface area contributed by atoms with E-state index in [-0.39, 0.29) is 23.6 Å².